The Kier molecular flexibility index (Phi) is 3.54. The average molecular weight is 358 g/mol. The fourth-order valence-corrected chi connectivity index (χ4v) is 4.84. The van der Waals surface area contributed by atoms with Crippen molar-refractivity contribution >= 4 is 44.8 Å². The highest BCUT2D eigenvalue weighted by molar-refractivity contribution is 7.99. The summed E-state index contributed by atoms with van der Waals surface area (Å²) in [4.78, 5) is 6.01. The lowest BCUT2D eigenvalue weighted by molar-refractivity contribution is 0.481. The predicted molar refractivity (Wildman–Crippen MR) is 110 cm³/mol. The fraction of sp³-hybridized carbons (Fsp3) is 0.136. The molecule has 1 aromatic heterocycles. The van der Waals surface area contributed by atoms with Gasteiger partial charge in [-0.2, -0.15) is 0 Å². The maximum absolute atomic E-state index is 10.2. The van der Waals surface area contributed by atoms with Crippen molar-refractivity contribution in [1.29, 1.82) is 0 Å². The topological polar surface area (TPSA) is 45.2 Å². The van der Waals surface area contributed by atoms with Gasteiger partial charge < -0.3 is 10.4 Å². The summed E-state index contributed by atoms with van der Waals surface area (Å²) in [6.45, 7) is 2.10. The van der Waals surface area contributed by atoms with Gasteiger partial charge in [0.25, 0.3) is 0 Å². The van der Waals surface area contributed by atoms with Crippen LogP contribution < -0.4 is 5.32 Å². The molecule has 4 heteroatoms. The molecule has 0 spiro atoms. The summed E-state index contributed by atoms with van der Waals surface area (Å²) >= 11 is 1.92. The highest BCUT2D eigenvalue weighted by Gasteiger charge is 2.19. The van der Waals surface area contributed by atoms with E-state index < -0.39 is 0 Å². The van der Waals surface area contributed by atoms with Crippen molar-refractivity contribution in [2.45, 2.75) is 18.2 Å². The Labute approximate surface area is 156 Å². The normalized spacial score (nSPS) is 13.3. The minimum atomic E-state index is 0.305. The number of nitrogens with one attached hydrogen (secondary N) is 1. The molecule has 26 heavy (non-hydrogen) atoms. The molecule has 0 radical (unpaired) electrons. The lowest BCUT2D eigenvalue weighted by Crippen LogP contribution is -1.99. The Hall–Kier alpha value is -2.72. The van der Waals surface area contributed by atoms with Gasteiger partial charge in [0.1, 0.15) is 5.75 Å². The Bertz CT molecular complexity index is 1170. The summed E-state index contributed by atoms with van der Waals surface area (Å²) in [6.07, 6.45) is 3.01. The van der Waals surface area contributed by atoms with E-state index in [0.717, 1.165) is 45.4 Å². The number of phenolic OH excluding ortho intramolecular Hbond substituents is 1. The Balaban J connectivity index is 1.75. The van der Waals surface area contributed by atoms with Crippen molar-refractivity contribution in [2.24, 2.45) is 0 Å². The molecule has 1 aliphatic heterocycles. The number of rotatable bonds is 2. The van der Waals surface area contributed by atoms with Gasteiger partial charge in [-0.05, 0) is 48.7 Å². The van der Waals surface area contributed by atoms with Gasteiger partial charge >= 0.3 is 0 Å². The molecule has 0 saturated heterocycles. The predicted octanol–water partition coefficient (Wildman–Crippen LogP) is 5.79. The number of aromatic hydroxyl groups is 1. The Morgan fingerprint density at radius 2 is 1.88 bits per heavy atom. The van der Waals surface area contributed by atoms with Crippen LogP contribution in [0.3, 0.4) is 0 Å². The van der Waals surface area contributed by atoms with Gasteiger partial charge in [0.2, 0.25) is 0 Å². The zero-order valence-corrected chi connectivity index (χ0v) is 15.2. The SMILES string of the molecule is Cc1cnc2ccc3c(c2c1Nc1cccc2c(O)cccc12)CCS3. The Morgan fingerprint density at radius 1 is 1.04 bits per heavy atom. The summed E-state index contributed by atoms with van der Waals surface area (Å²) in [6, 6.07) is 15.9. The first-order valence-corrected chi connectivity index (χ1v) is 9.72. The number of fused-ring (bicyclic) bond motifs is 4. The van der Waals surface area contributed by atoms with Crippen LogP contribution in [0.15, 0.2) is 59.6 Å². The largest absolute Gasteiger partial charge is 0.507 e. The summed E-state index contributed by atoms with van der Waals surface area (Å²) in [5.74, 6) is 1.43. The summed E-state index contributed by atoms with van der Waals surface area (Å²) in [5.41, 5.74) is 5.67. The number of aromatic nitrogens is 1. The number of pyridine rings is 1. The number of anilines is 2. The fourth-order valence-electron chi connectivity index (χ4n) is 3.78. The van der Waals surface area contributed by atoms with Crippen LogP contribution >= 0.6 is 11.8 Å². The third-order valence-corrected chi connectivity index (χ3v) is 6.16. The summed E-state index contributed by atoms with van der Waals surface area (Å²) in [5, 5.41) is 16.9. The first-order valence-electron chi connectivity index (χ1n) is 8.74. The van der Waals surface area contributed by atoms with Crippen molar-refractivity contribution in [2.75, 3.05) is 11.1 Å². The molecular weight excluding hydrogens is 340 g/mol. The second-order valence-corrected chi connectivity index (χ2v) is 7.79. The molecule has 128 valence electrons. The number of hydrogen-bond acceptors (Lipinski definition) is 4. The number of phenols is 1. The molecule has 0 atom stereocenters. The number of nitrogens with zero attached hydrogens (tertiary/aromatic N) is 1. The number of aryl methyl sites for hydroxylation is 2. The van der Waals surface area contributed by atoms with Gasteiger partial charge in [0, 0.05) is 38.7 Å². The van der Waals surface area contributed by atoms with Gasteiger partial charge in [0.05, 0.1) is 11.2 Å². The lowest BCUT2D eigenvalue weighted by Gasteiger charge is -2.17. The molecule has 4 aromatic rings. The average Bonchev–Trinajstić information content (AvgIpc) is 3.13. The number of hydrogen-bond donors (Lipinski definition) is 2. The highest BCUT2D eigenvalue weighted by Crippen LogP contribution is 2.41. The molecule has 2 heterocycles. The molecule has 0 saturated carbocycles. The van der Waals surface area contributed by atoms with Crippen molar-refractivity contribution in [3.05, 3.63) is 65.9 Å². The number of benzene rings is 3. The summed E-state index contributed by atoms with van der Waals surface area (Å²) < 4.78 is 0. The highest BCUT2D eigenvalue weighted by atomic mass is 32.2. The van der Waals surface area contributed by atoms with Gasteiger partial charge in [-0.3, -0.25) is 4.98 Å². The van der Waals surface area contributed by atoms with E-state index in [4.69, 9.17) is 0 Å². The van der Waals surface area contributed by atoms with E-state index >= 15 is 0 Å². The van der Waals surface area contributed by atoms with E-state index in [1.807, 2.05) is 42.2 Å². The second kappa shape index (κ2) is 5.92. The molecule has 0 bridgehead atoms. The second-order valence-electron chi connectivity index (χ2n) is 6.65. The van der Waals surface area contributed by atoms with Crippen molar-refractivity contribution in [3.63, 3.8) is 0 Å². The molecule has 1 aliphatic rings. The lowest BCUT2D eigenvalue weighted by atomic mass is 10.0. The van der Waals surface area contributed by atoms with Crippen LogP contribution in [0.25, 0.3) is 21.7 Å². The van der Waals surface area contributed by atoms with Crippen molar-refractivity contribution in [1.82, 2.24) is 4.98 Å². The molecule has 3 aromatic carbocycles. The zero-order valence-electron chi connectivity index (χ0n) is 14.4. The van der Waals surface area contributed by atoms with E-state index in [2.05, 4.69) is 35.4 Å². The molecule has 0 unspecified atom stereocenters. The minimum absolute atomic E-state index is 0.305. The molecular formula is C22H18N2OS. The van der Waals surface area contributed by atoms with Gasteiger partial charge in [-0.15, -0.1) is 11.8 Å². The third-order valence-electron chi connectivity index (χ3n) is 5.06. The van der Waals surface area contributed by atoms with Gasteiger partial charge in [-0.25, -0.2) is 0 Å². The molecule has 5 rings (SSSR count). The molecule has 2 N–H and O–H groups in total. The Morgan fingerprint density at radius 3 is 2.81 bits per heavy atom. The zero-order chi connectivity index (χ0) is 17.7. The molecule has 0 fully saturated rings. The smallest absolute Gasteiger partial charge is 0.123 e. The van der Waals surface area contributed by atoms with Gasteiger partial charge in [-0.1, -0.05) is 24.3 Å². The molecule has 3 nitrogen and oxygen atoms in total. The number of thioether (sulfide) groups is 1. The maximum Gasteiger partial charge on any atom is 0.123 e. The van der Waals surface area contributed by atoms with Crippen molar-refractivity contribution in [3.8, 4) is 5.75 Å². The minimum Gasteiger partial charge on any atom is -0.507 e. The van der Waals surface area contributed by atoms with Crippen LogP contribution in [0.5, 0.6) is 5.75 Å². The summed E-state index contributed by atoms with van der Waals surface area (Å²) in [7, 11) is 0. The standard InChI is InChI=1S/C22H18N2OS/c1-13-12-23-18-8-9-20-16(10-11-26-20)21(18)22(13)24-17-6-2-5-15-14(17)4-3-7-19(15)25/h2-9,12,25H,10-11H2,1H3,(H,23,24). The van der Waals surface area contributed by atoms with E-state index in [0.29, 0.717) is 5.75 Å². The van der Waals surface area contributed by atoms with E-state index in [1.165, 1.54) is 15.8 Å². The maximum atomic E-state index is 10.2. The van der Waals surface area contributed by atoms with Crippen LogP contribution in [-0.2, 0) is 6.42 Å². The van der Waals surface area contributed by atoms with Crippen LogP contribution in [0.4, 0.5) is 11.4 Å². The van der Waals surface area contributed by atoms with E-state index in [1.54, 1.807) is 6.07 Å². The van der Waals surface area contributed by atoms with Crippen LogP contribution in [0.2, 0.25) is 0 Å². The van der Waals surface area contributed by atoms with Crippen molar-refractivity contribution < 1.29 is 5.11 Å². The monoisotopic (exact) mass is 358 g/mol. The molecule has 0 aliphatic carbocycles. The van der Waals surface area contributed by atoms with Crippen LogP contribution in [0, 0.1) is 6.92 Å². The first kappa shape index (κ1) is 15.5. The van der Waals surface area contributed by atoms with E-state index in [-0.39, 0.29) is 0 Å². The first-order chi connectivity index (χ1) is 12.7. The quantitative estimate of drug-likeness (QED) is 0.476. The third kappa shape index (κ3) is 2.33. The van der Waals surface area contributed by atoms with Crippen LogP contribution in [0.1, 0.15) is 11.1 Å². The van der Waals surface area contributed by atoms with E-state index in [9.17, 15) is 5.11 Å². The molecule has 0 amide bonds. The van der Waals surface area contributed by atoms with Gasteiger partial charge in [0.15, 0.2) is 0 Å². The van der Waals surface area contributed by atoms with Crippen LogP contribution in [-0.4, -0.2) is 15.8 Å².